The van der Waals surface area contributed by atoms with Crippen molar-refractivity contribution >= 4 is 11.7 Å². The Balaban J connectivity index is 1.77. The summed E-state index contributed by atoms with van der Waals surface area (Å²) in [7, 11) is 0. The van der Waals surface area contributed by atoms with Gasteiger partial charge in [-0.05, 0) is 12.8 Å². The van der Waals surface area contributed by atoms with Crippen LogP contribution in [0, 0.1) is 5.41 Å². The van der Waals surface area contributed by atoms with Crippen molar-refractivity contribution in [1.82, 2.24) is 15.1 Å². The zero-order chi connectivity index (χ0) is 13.9. The van der Waals surface area contributed by atoms with Crippen LogP contribution in [-0.4, -0.2) is 40.5 Å². The Labute approximate surface area is 108 Å². The Bertz CT molecular complexity index is 446. The number of aliphatic hydroxyl groups is 1. The maximum absolute atomic E-state index is 12.1. The Hall–Kier alpha value is -1.70. The normalized spacial score (nSPS) is 16.4. The summed E-state index contributed by atoms with van der Waals surface area (Å²) >= 11 is 0. The topological polar surface area (TPSA) is 79.2 Å². The lowest BCUT2D eigenvalue weighted by Gasteiger charge is -2.12. The van der Waals surface area contributed by atoms with Crippen LogP contribution < -0.4 is 10.6 Å². The minimum atomic E-state index is -2.49. The molecule has 1 heterocycles. The van der Waals surface area contributed by atoms with Crippen molar-refractivity contribution in [1.29, 1.82) is 0 Å². The first kappa shape index (κ1) is 13.7. The molecule has 1 aliphatic carbocycles. The van der Waals surface area contributed by atoms with Crippen molar-refractivity contribution in [2.24, 2.45) is 5.41 Å². The summed E-state index contributed by atoms with van der Waals surface area (Å²) in [6, 6.07) is -0.434. The van der Waals surface area contributed by atoms with Crippen LogP contribution in [0.2, 0.25) is 0 Å². The molecule has 1 aromatic heterocycles. The number of carbonyl (C=O) groups excluding carboxylic acids is 1. The standard InChI is InChI=1S/C11H16F2N4O2/c12-9(13)5-17-4-8(3-15-17)16-10(19)14-6-11(7-18)1-2-11/h3-4,9,18H,1-2,5-7H2,(H2,14,16,19). The molecule has 106 valence electrons. The van der Waals surface area contributed by atoms with Crippen molar-refractivity contribution in [2.45, 2.75) is 25.8 Å². The van der Waals surface area contributed by atoms with E-state index in [4.69, 9.17) is 5.11 Å². The number of amides is 2. The van der Waals surface area contributed by atoms with Gasteiger partial charge in [0.1, 0.15) is 6.54 Å². The van der Waals surface area contributed by atoms with Gasteiger partial charge in [-0.2, -0.15) is 5.10 Å². The molecule has 0 radical (unpaired) electrons. The Morgan fingerprint density at radius 3 is 2.89 bits per heavy atom. The number of nitrogens with zero attached hydrogens (tertiary/aromatic N) is 2. The summed E-state index contributed by atoms with van der Waals surface area (Å²) in [5.41, 5.74) is 0.184. The van der Waals surface area contributed by atoms with Crippen LogP contribution >= 0.6 is 0 Å². The number of alkyl halides is 2. The summed E-state index contributed by atoms with van der Waals surface area (Å²) in [4.78, 5) is 11.5. The maximum Gasteiger partial charge on any atom is 0.319 e. The zero-order valence-electron chi connectivity index (χ0n) is 10.3. The van der Waals surface area contributed by atoms with Gasteiger partial charge in [0.05, 0.1) is 18.5 Å². The number of nitrogens with one attached hydrogen (secondary N) is 2. The van der Waals surface area contributed by atoms with Crippen molar-refractivity contribution < 1.29 is 18.7 Å². The van der Waals surface area contributed by atoms with Gasteiger partial charge < -0.3 is 15.7 Å². The van der Waals surface area contributed by atoms with E-state index >= 15 is 0 Å². The number of anilines is 1. The van der Waals surface area contributed by atoms with E-state index in [9.17, 15) is 13.6 Å². The lowest BCUT2D eigenvalue weighted by Crippen LogP contribution is -2.34. The largest absolute Gasteiger partial charge is 0.396 e. The van der Waals surface area contributed by atoms with Crippen LogP contribution in [0.3, 0.4) is 0 Å². The second-order valence-corrected chi connectivity index (χ2v) is 4.81. The fourth-order valence-electron chi connectivity index (χ4n) is 1.68. The fourth-order valence-corrected chi connectivity index (χ4v) is 1.68. The van der Waals surface area contributed by atoms with Gasteiger partial charge in [0, 0.05) is 18.2 Å². The van der Waals surface area contributed by atoms with E-state index in [2.05, 4.69) is 15.7 Å². The molecule has 1 saturated carbocycles. The summed E-state index contributed by atoms with van der Waals surface area (Å²) in [6.45, 7) is -0.0446. The van der Waals surface area contributed by atoms with Gasteiger partial charge in [0.15, 0.2) is 0 Å². The third-order valence-electron chi connectivity index (χ3n) is 3.13. The quantitative estimate of drug-likeness (QED) is 0.725. The first-order valence-corrected chi connectivity index (χ1v) is 5.99. The average molecular weight is 274 g/mol. The van der Waals surface area contributed by atoms with Gasteiger partial charge in [-0.15, -0.1) is 0 Å². The van der Waals surface area contributed by atoms with E-state index in [1.165, 1.54) is 12.4 Å². The molecule has 0 saturated heterocycles. The minimum Gasteiger partial charge on any atom is -0.396 e. The number of hydrogen-bond acceptors (Lipinski definition) is 3. The van der Waals surface area contributed by atoms with E-state index in [1.807, 2.05) is 0 Å². The van der Waals surface area contributed by atoms with Crippen molar-refractivity contribution in [3.8, 4) is 0 Å². The molecular formula is C11H16F2N4O2. The van der Waals surface area contributed by atoms with Gasteiger partial charge in [-0.3, -0.25) is 4.68 Å². The number of halogens is 2. The summed E-state index contributed by atoms with van der Waals surface area (Å²) < 4.78 is 25.3. The summed E-state index contributed by atoms with van der Waals surface area (Å²) in [5, 5.41) is 17.9. The van der Waals surface area contributed by atoms with E-state index < -0.39 is 19.0 Å². The number of hydrogen-bond donors (Lipinski definition) is 3. The van der Waals surface area contributed by atoms with Crippen molar-refractivity contribution in [2.75, 3.05) is 18.5 Å². The highest BCUT2D eigenvalue weighted by atomic mass is 19.3. The predicted molar refractivity (Wildman–Crippen MR) is 64.0 cm³/mol. The SMILES string of the molecule is O=C(NCC1(CO)CC1)Nc1cnn(CC(F)F)c1. The molecule has 0 aromatic carbocycles. The van der Waals surface area contributed by atoms with E-state index in [-0.39, 0.29) is 12.0 Å². The highest BCUT2D eigenvalue weighted by molar-refractivity contribution is 5.88. The maximum atomic E-state index is 12.1. The smallest absolute Gasteiger partial charge is 0.319 e. The van der Waals surface area contributed by atoms with Crippen LogP contribution in [0.15, 0.2) is 12.4 Å². The van der Waals surface area contributed by atoms with Crippen LogP contribution in [-0.2, 0) is 6.54 Å². The van der Waals surface area contributed by atoms with Gasteiger partial charge in [0.2, 0.25) is 0 Å². The van der Waals surface area contributed by atoms with Gasteiger partial charge in [-0.25, -0.2) is 13.6 Å². The fraction of sp³-hybridized carbons (Fsp3) is 0.636. The molecule has 1 aromatic rings. The van der Waals surface area contributed by atoms with Crippen molar-refractivity contribution in [3.05, 3.63) is 12.4 Å². The van der Waals surface area contributed by atoms with Crippen LogP contribution in [0.1, 0.15) is 12.8 Å². The summed E-state index contributed by atoms with van der Waals surface area (Å²) in [5.74, 6) is 0. The molecule has 1 fully saturated rings. The first-order chi connectivity index (χ1) is 9.03. The van der Waals surface area contributed by atoms with E-state index in [0.717, 1.165) is 17.5 Å². The molecule has 2 rings (SSSR count). The highest BCUT2D eigenvalue weighted by Gasteiger charge is 2.42. The molecule has 0 bridgehead atoms. The van der Waals surface area contributed by atoms with E-state index in [1.54, 1.807) is 0 Å². The monoisotopic (exact) mass is 274 g/mol. The zero-order valence-corrected chi connectivity index (χ0v) is 10.3. The molecule has 0 unspecified atom stereocenters. The minimum absolute atomic E-state index is 0.0552. The second-order valence-electron chi connectivity index (χ2n) is 4.81. The lowest BCUT2D eigenvalue weighted by atomic mass is 10.1. The van der Waals surface area contributed by atoms with Gasteiger partial charge >= 0.3 is 6.03 Å². The van der Waals surface area contributed by atoms with Crippen molar-refractivity contribution in [3.63, 3.8) is 0 Å². The van der Waals surface area contributed by atoms with Crippen LogP contribution in [0.5, 0.6) is 0 Å². The molecule has 8 heteroatoms. The number of carbonyl (C=O) groups is 1. The molecular weight excluding hydrogens is 258 g/mol. The molecule has 0 aliphatic heterocycles. The van der Waals surface area contributed by atoms with E-state index in [0.29, 0.717) is 12.2 Å². The third kappa shape index (κ3) is 3.88. The average Bonchev–Trinajstić information content (AvgIpc) is 3.02. The number of aliphatic hydroxyl groups excluding tert-OH is 1. The number of urea groups is 1. The Morgan fingerprint density at radius 1 is 1.58 bits per heavy atom. The lowest BCUT2D eigenvalue weighted by molar-refractivity contribution is 0.122. The molecule has 6 nitrogen and oxygen atoms in total. The highest BCUT2D eigenvalue weighted by Crippen LogP contribution is 2.44. The van der Waals surface area contributed by atoms with Gasteiger partial charge in [0.25, 0.3) is 6.43 Å². The molecule has 0 atom stereocenters. The molecule has 19 heavy (non-hydrogen) atoms. The Morgan fingerprint density at radius 2 is 2.32 bits per heavy atom. The molecule has 2 amide bonds. The van der Waals surface area contributed by atoms with Crippen LogP contribution in [0.4, 0.5) is 19.3 Å². The molecule has 0 spiro atoms. The van der Waals surface area contributed by atoms with Gasteiger partial charge in [-0.1, -0.05) is 0 Å². The number of aromatic nitrogens is 2. The van der Waals surface area contributed by atoms with Crippen LogP contribution in [0.25, 0.3) is 0 Å². The Kier molecular flexibility index (Phi) is 3.98. The third-order valence-corrected chi connectivity index (χ3v) is 3.13. The molecule has 3 N–H and O–H groups in total. The molecule has 1 aliphatic rings. The first-order valence-electron chi connectivity index (χ1n) is 5.99. The summed E-state index contributed by atoms with van der Waals surface area (Å²) in [6.07, 6.45) is 1.96. The predicted octanol–water partition coefficient (Wildman–Crippen LogP) is 1.04. The number of rotatable bonds is 6. The second kappa shape index (κ2) is 5.52.